The van der Waals surface area contributed by atoms with Crippen LogP contribution < -0.4 is 5.32 Å². The number of nitrogens with zero attached hydrogens (tertiary/aromatic N) is 3. The predicted octanol–water partition coefficient (Wildman–Crippen LogP) is 3.04. The Morgan fingerprint density at radius 3 is 2.66 bits per heavy atom. The Balaban J connectivity index is 1.69. The number of fused-ring (bicyclic) bond motifs is 2. The first-order chi connectivity index (χ1) is 14.0. The number of nitrogens with one attached hydrogen (secondary N) is 1. The highest BCUT2D eigenvalue weighted by atomic mass is 19.1. The molecule has 0 unspecified atom stereocenters. The molecule has 0 aliphatic carbocycles. The fourth-order valence-corrected chi connectivity index (χ4v) is 4.74. The Morgan fingerprint density at radius 2 is 1.93 bits per heavy atom. The van der Waals surface area contributed by atoms with Gasteiger partial charge in [0.1, 0.15) is 16.9 Å². The SMILES string of the molecule is Cn1nccc1C(=O)N1CC[C@]2(C(=O)Nc3ccccc32)[C@@H]1c1ccc(F)cc1. The number of carbonyl (C=O) groups excluding carboxylic acids is 2. The molecule has 3 aromatic rings. The van der Waals surface area contributed by atoms with Gasteiger partial charge in [-0.1, -0.05) is 30.3 Å². The lowest BCUT2D eigenvalue weighted by Gasteiger charge is -2.34. The van der Waals surface area contributed by atoms with Crippen molar-refractivity contribution in [1.82, 2.24) is 14.7 Å². The average molecular weight is 390 g/mol. The quantitative estimate of drug-likeness (QED) is 0.731. The minimum Gasteiger partial charge on any atom is -0.329 e. The highest BCUT2D eigenvalue weighted by Crippen LogP contribution is 2.54. The molecule has 1 N–H and O–H groups in total. The number of rotatable bonds is 2. The number of benzene rings is 2. The molecule has 0 bridgehead atoms. The van der Waals surface area contributed by atoms with Gasteiger partial charge in [0.15, 0.2) is 0 Å². The molecule has 6 nitrogen and oxygen atoms in total. The van der Waals surface area contributed by atoms with E-state index in [-0.39, 0.29) is 17.6 Å². The first kappa shape index (κ1) is 17.6. The number of halogens is 1. The molecule has 2 aromatic carbocycles. The van der Waals surface area contributed by atoms with Crippen LogP contribution in [0.25, 0.3) is 0 Å². The fraction of sp³-hybridized carbons (Fsp3) is 0.227. The molecule has 29 heavy (non-hydrogen) atoms. The van der Waals surface area contributed by atoms with E-state index < -0.39 is 11.5 Å². The molecule has 1 saturated heterocycles. The topological polar surface area (TPSA) is 67.2 Å². The molecule has 5 rings (SSSR count). The summed E-state index contributed by atoms with van der Waals surface area (Å²) in [4.78, 5) is 28.4. The van der Waals surface area contributed by atoms with Crippen LogP contribution in [0.4, 0.5) is 10.1 Å². The van der Waals surface area contributed by atoms with Gasteiger partial charge in [0.2, 0.25) is 5.91 Å². The second-order valence-electron chi connectivity index (χ2n) is 7.51. The number of hydrogen-bond donors (Lipinski definition) is 1. The highest BCUT2D eigenvalue weighted by molar-refractivity contribution is 6.08. The van der Waals surface area contributed by atoms with Crippen molar-refractivity contribution < 1.29 is 14.0 Å². The minimum absolute atomic E-state index is 0.131. The third kappa shape index (κ3) is 2.43. The van der Waals surface area contributed by atoms with Crippen LogP contribution in [0, 0.1) is 5.82 Å². The van der Waals surface area contributed by atoms with Crippen molar-refractivity contribution in [3.63, 3.8) is 0 Å². The molecule has 7 heteroatoms. The zero-order valence-corrected chi connectivity index (χ0v) is 15.8. The Morgan fingerprint density at radius 1 is 1.17 bits per heavy atom. The Labute approximate surface area is 166 Å². The summed E-state index contributed by atoms with van der Waals surface area (Å²) in [5.74, 6) is -0.691. The number of hydrogen-bond acceptors (Lipinski definition) is 3. The van der Waals surface area contributed by atoms with E-state index in [0.29, 0.717) is 18.7 Å². The van der Waals surface area contributed by atoms with Crippen LogP contribution >= 0.6 is 0 Å². The summed E-state index contributed by atoms with van der Waals surface area (Å²) in [5.41, 5.74) is 1.90. The predicted molar refractivity (Wildman–Crippen MR) is 105 cm³/mol. The van der Waals surface area contributed by atoms with Crippen molar-refractivity contribution in [2.24, 2.45) is 7.05 Å². The molecule has 0 radical (unpaired) electrons. The van der Waals surface area contributed by atoms with Gasteiger partial charge in [0.25, 0.3) is 5.91 Å². The molecule has 1 spiro atoms. The summed E-state index contributed by atoms with van der Waals surface area (Å²) in [7, 11) is 1.71. The van der Waals surface area contributed by atoms with E-state index in [9.17, 15) is 14.0 Å². The maximum atomic E-state index is 13.6. The number of para-hydroxylation sites is 1. The van der Waals surface area contributed by atoms with Gasteiger partial charge in [0, 0.05) is 25.5 Å². The minimum atomic E-state index is -0.914. The van der Waals surface area contributed by atoms with Gasteiger partial charge < -0.3 is 10.2 Å². The second kappa shape index (κ2) is 6.27. The van der Waals surface area contributed by atoms with Crippen molar-refractivity contribution in [1.29, 1.82) is 0 Å². The number of carbonyl (C=O) groups is 2. The summed E-state index contributed by atoms with van der Waals surface area (Å²) in [5, 5.41) is 7.08. The van der Waals surface area contributed by atoms with E-state index in [4.69, 9.17) is 0 Å². The number of amides is 2. The summed E-state index contributed by atoms with van der Waals surface area (Å²) < 4.78 is 15.1. The second-order valence-corrected chi connectivity index (χ2v) is 7.51. The van der Waals surface area contributed by atoms with E-state index in [1.807, 2.05) is 24.3 Å². The first-order valence-electron chi connectivity index (χ1n) is 9.48. The van der Waals surface area contributed by atoms with Gasteiger partial charge in [-0.15, -0.1) is 0 Å². The van der Waals surface area contributed by atoms with Crippen LogP contribution in [0.5, 0.6) is 0 Å². The molecule has 1 aromatic heterocycles. The lowest BCUT2D eigenvalue weighted by molar-refractivity contribution is -0.121. The van der Waals surface area contributed by atoms with Gasteiger partial charge in [-0.3, -0.25) is 14.3 Å². The van der Waals surface area contributed by atoms with Crippen molar-refractivity contribution in [2.45, 2.75) is 17.9 Å². The zero-order chi connectivity index (χ0) is 20.2. The number of likely N-dealkylation sites (tertiary alicyclic amines) is 1. The van der Waals surface area contributed by atoms with Gasteiger partial charge in [-0.25, -0.2) is 4.39 Å². The molecule has 0 saturated carbocycles. The van der Waals surface area contributed by atoms with Crippen LogP contribution in [0.15, 0.2) is 60.8 Å². The third-order valence-electron chi connectivity index (χ3n) is 6.07. The van der Waals surface area contributed by atoms with Crippen molar-refractivity contribution in [3.05, 3.63) is 83.4 Å². The third-order valence-corrected chi connectivity index (χ3v) is 6.07. The molecule has 1 fully saturated rings. The van der Waals surface area contributed by atoms with Crippen LogP contribution in [0.3, 0.4) is 0 Å². The number of aromatic nitrogens is 2. The van der Waals surface area contributed by atoms with E-state index in [0.717, 1.165) is 16.8 Å². The molecule has 2 amide bonds. The molecule has 146 valence electrons. The maximum Gasteiger partial charge on any atom is 0.272 e. The van der Waals surface area contributed by atoms with Crippen molar-refractivity contribution in [3.8, 4) is 0 Å². The lowest BCUT2D eigenvalue weighted by Crippen LogP contribution is -2.43. The number of anilines is 1. The summed E-state index contributed by atoms with van der Waals surface area (Å²) in [6.07, 6.45) is 2.06. The summed E-state index contributed by atoms with van der Waals surface area (Å²) >= 11 is 0. The summed E-state index contributed by atoms with van der Waals surface area (Å²) in [6, 6.07) is 14.7. The monoisotopic (exact) mass is 390 g/mol. The van der Waals surface area contributed by atoms with Gasteiger partial charge in [0.05, 0.1) is 6.04 Å². The zero-order valence-electron chi connectivity index (χ0n) is 15.8. The van der Waals surface area contributed by atoms with Crippen molar-refractivity contribution >= 4 is 17.5 Å². The molecular formula is C22H19FN4O2. The average Bonchev–Trinajstić information content (AvgIpc) is 3.40. The van der Waals surface area contributed by atoms with Crippen LogP contribution in [-0.4, -0.2) is 33.0 Å². The molecule has 2 atom stereocenters. The number of aryl methyl sites for hydroxylation is 1. The van der Waals surface area contributed by atoms with E-state index in [1.54, 1.807) is 36.3 Å². The molecule has 3 heterocycles. The van der Waals surface area contributed by atoms with Gasteiger partial charge in [-0.05, 0) is 41.8 Å². The fourth-order valence-electron chi connectivity index (χ4n) is 4.74. The lowest BCUT2D eigenvalue weighted by atomic mass is 9.72. The summed E-state index contributed by atoms with van der Waals surface area (Å²) in [6.45, 7) is 0.411. The van der Waals surface area contributed by atoms with Gasteiger partial charge >= 0.3 is 0 Å². The first-order valence-corrected chi connectivity index (χ1v) is 9.48. The standard InChI is InChI=1S/C22H19FN4O2/c1-26-18(10-12-24-26)20(28)27-13-11-22(19(27)14-6-8-15(23)9-7-14)16-4-2-3-5-17(16)25-21(22)29/h2-10,12,19H,11,13H2,1H3,(H,25,29)/t19-,22+/m0/s1. The Hall–Kier alpha value is -3.48. The van der Waals surface area contributed by atoms with E-state index in [2.05, 4.69) is 10.4 Å². The maximum absolute atomic E-state index is 13.6. The van der Waals surface area contributed by atoms with E-state index >= 15 is 0 Å². The smallest absolute Gasteiger partial charge is 0.272 e. The van der Waals surface area contributed by atoms with E-state index in [1.165, 1.54) is 16.8 Å². The molecule has 2 aliphatic heterocycles. The highest BCUT2D eigenvalue weighted by Gasteiger charge is 2.59. The van der Waals surface area contributed by atoms with Crippen LogP contribution in [-0.2, 0) is 17.3 Å². The Bertz CT molecular complexity index is 1120. The molecule has 2 aliphatic rings. The molecular weight excluding hydrogens is 371 g/mol. The normalized spacial score (nSPS) is 22.8. The van der Waals surface area contributed by atoms with Crippen LogP contribution in [0.1, 0.15) is 34.1 Å². The van der Waals surface area contributed by atoms with Crippen LogP contribution in [0.2, 0.25) is 0 Å². The largest absolute Gasteiger partial charge is 0.329 e. The van der Waals surface area contributed by atoms with Gasteiger partial charge in [-0.2, -0.15) is 5.10 Å². The van der Waals surface area contributed by atoms with Crippen molar-refractivity contribution in [2.75, 3.05) is 11.9 Å². The Kier molecular flexibility index (Phi) is 3.81.